The van der Waals surface area contributed by atoms with Crippen molar-refractivity contribution >= 4 is 17.7 Å². The van der Waals surface area contributed by atoms with Gasteiger partial charge in [-0.3, -0.25) is 9.69 Å². The lowest BCUT2D eigenvalue weighted by Crippen LogP contribution is -2.41. The molecule has 2 amide bonds. The molecule has 1 unspecified atom stereocenters. The third-order valence-electron chi connectivity index (χ3n) is 4.38. The zero-order chi connectivity index (χ0) is 17.8. The molecule has 0 saturated carbocycles. The van der Waals surface area contributed by atoms with Gasteiger partial charge in [-0.1, -0.05) is 6.07 Å². The van der Waals surface area contributed by atoms with Gasteiger partial charge in [0.1, 0.15) is 12.4 Å². The van der Waals surface area contributed by atoms with E-state index in [0.717, 1.165) is 0 Å². The van der Waals surface area contributed by atoms with Gasteiger partial charge in [0, 0.05) is 33.1 Å². The van der Waals surface area contributed by atoms with E-state index < -0.39 is 6.09 Å². The molecule has 0 aromatic heterocycles. The minimum Gasteiger partial charge on any atom is -0.447 e. The molecule has 7 nitrogen and oxygen atoms in total. The maximum Gasteiger partial charge on any atom is 0.410 e. The zero-order valence-electron chi connectivity index (χ0n) is 14.2. The molecule has 136 valence electrons. The monoisotopic (exact) mass is 351 g/mol. The number of ether oxygens (including phenoxy) is 2. The van der Waals surface area contributed by atoms with E-state index in [4.69, 9.17) is 9.47 Å². The highest BCUT2D eigenvalue weighted by Crippen LogP contribution is 2.23. The summed E-state index contributed by atoms with van der Waals surface area (Å²) in [5, 5.41) is 2.68. The first-order valence-electron chi connectivity index (χ1n) is 8.33. The first-order chi connectivity index (χ1) is 12.0. The molecule has 2 heterocycles. The smallest absolute Gasteiger partial charge is 0.410 e. The Labute approximate surface area is 145 Å². The Hall–Kier alpha value is -2.35. The first kappa shape index (κ1) is 17.5. The van der Waals surface area contributed by atoms with Crippen LogP contribution in [0.4, 0.5) is 14.9 Å². The summed E-state index contributed by atoms with van der Waals surface area (Å²) in [7, 11) is 0. The van der Waals surface area contributed by atoms with Gasteiger partial charge in [-0.25, -0.2) is 9.18 Å². The number of carbonyl (C=O) groups excluding carboxylic acids is 2. The van der Waals surface area contributed by atoms with E-state index in [1.165, 1.54) is 17.9 Å². The average molecular weight is 351 g/mol. The Morgan fingerprint density at radius 1 is 1.36 bits per heavy atom. The van der Waals surface area contributed by atoms with Crippen LogP contribution in [0.3, 0.4) is 0 Å². The van der Waals surface area contributed by atoms with Crippen LogP contribution in [0.2, 0.25) is 0 Å². The molecule has 2 saturated heterocycles. The third-order valence-corrected chi connectivity index (χ3v) is 4.38. The minimum atomic E-state index is -0.451. The van der Waals surface area contributed by atoms with Crippen LogP contribution in [0.25, 0.3) is 0 Å². The van der Waals surface area contributed by atoms with Crippen molar-refractivity contribution < 1.29 is 23.5 Å². The number of hydrogen-bond acceptors (Lipinski definition) is 5. The molecule has 1 N–H and O–H groups in total. The molecule has 2 aliphatic heterocycles. The molecule has 3 rings (SSSR count). The molecule has 8 heteroatoms. The van der Waals surface area contributed by atoms with E-state index in [1.54, 1.807) is 6.07 Å². The average Bonchev–Trinajstić information content (AvgIpc) is 2.94. The number of amides is 2. The minimum absolute atomic E-state index is 0.166. The van der Waals surface area contributed by atoms with Gasteiger partial charge in [-0.15, -0.1) is 0 Å². The highest BCUT2D eigenvalue weighted by Gasteiger charge is 2.33. The number of cyclic esters (lactones) is 1. The van der Waals surface area contributed by atoms with E-state index in [1.807, 2.05) is 11.0 Å². The second-order valence-corrected chi connectivity index (χ2v) is 6.18. The number of carbonyl (C=O) groups is 2. The van der Waals surface area contributed by atoms with Gasteiger partial charge in [0.25, 0.3) is 0 Å². The van der Waals surface area contributed by atoms with Gasteiger partial charge >= 0.3 is 6.09 Å². The van der Waals surface area contributed by atoms with Gasteiger partial charge in [0.05, 0.1) is 24.9 Å². The van der Waals surface area contributed by atoms with Gasteiger partial charge in [-0.05, 0) is 17.7 Å². The molecule has 0 bridgehead atoms. The zero-order valence-corrected chi connectivity index (χ0v) is 14.2. The summed E-state index contributed by atoms with van der Waals surface area (Å²) in [4.78, 5) is 26.4. The van der Waals surface area contributed by atoms with Crippen LogP contribution >= 0.6 is 0 Å². The van der Waals surface area contributed by atoms with Crippen LogP contribution in [-0.4, -0.2) is 62.4 Å². The Bertz CT molecular complexity index is 649. The number of hydrogen-bond donors (Lipinski definition) is 1. The van der Waals surface area contributed by atoms with Crippen molar-refractivity contribution in [3.05, 3.63) is 29.6 Å². The lowest BCUT2D eigenvalue weighted by atomic mass is 10.1. The summed E-state index contributed by atoms with van der Waals surface area (Å²) in [5.41, 5.74) is 1.23. The lowest BCUT2D eigenvalue weighted by Gasteiger charge is -2.29. The second kappa shape index (κ2) is 7.69. The SMILES string of the molecule is CC(=O)NCC1COC(=O)N1Cc1ccc(N2CCOCC2)c(F)c1. The second-order valence-electron chi connectivity index (χ2n) is 6.18. The number of nitrogens with zero attached hydrogens (tertiary/aromatic N) is 2. The van der Waals surface area contributed by atoms with E-state index in [0.29, 0.717) is 44.1 Å². The van der Waals surface area contributed by atoms with E-state index >= 15 is 0 Å². The third kappa shape index (κ3) is 4.19. The van der Waals surface area contributed by atoms with E-state index in [2.05, 4.69) is 5.32 Å². The van der Waals surface area contributed by atoms with Crippen LogP contribution in [-0.2, 0) is 20.8 Å². The molecule has 0 radical (unpaired) electrons. The maximum atomic E-state index is 14.5. The van der Waals surface area contributed by atoms with Crippen LogP contribution in [0.1, 0.15) is 12.5 Å². The van der Waals surface area contributed by atoms with Crippen LogP contribution in [0.15, 0.2) is 18.2 Å². The number of nitrogens with one attached hydrogen (secondary N) is 1. The Kier molecular flexibility index (Phi) is 5.37. The largest absolute Gasteiger partial charge is 0.447 e. The topological polar surface area (TPSA) is 71.1 Å². The summed E-state index contributed by atoms with van der Waals surface area (Å²) < 4.78 is 24.8. The van der Waals surface area contributed by atoms with Crippen molar-refractivity contribution in [2.75, 3.05) is 44.4 Å². The molecular formula is C17H22FN3O4. The van der Waals surface area contributed by atoms with Crippen molar-refractivity contribution in [1.29, 1.82) is 0 Å². The fourth-order valence-corrected chi connectivity index (χ4v) is 3.02. The fourth-order valence-electron chi connectivity index (χ4n) is 3.02. The van der Waals surface area contributed by atoms with Crippen molar-refractivity contribution in [2.45, 2.75) is 19.5 Å². The number of rotatable bonds is 5. The number of halogens is 1. The van der Waals surface area contributed by atoms with Crippen LogP contribution in [0.5, 0.6) is 0 Å². The van der Waals surface area contributed by atoms with Crippen molar-refractivity contribution in [3.63, 3.8) is 0 Å². The van der Waals surface area contributed by atoms with Crippen LogP contribution in [0, 0.1) is 5.82 Å². The molecule has 1 aromatic rings. The number of morpholine rings is 1. The highest BCUT2D eigenvalue weighted by molar-refractivity contribution is 5.73. The summed E-state index contributed by atoms with van der Waals surface area (Å²) in [6.07, 6.45) is -0.451. The lowest BCUT2D eigenvalue weighted by molar-refractivity contribution is -0.119. The van der Waals surface area contributed by atoms with E-state index in [-0.39, 0.29) is 30.9 Å². The molecule has 1 aromatic carbocycles. The molecule has 25 heavy (non-hydrogen) atoms. The number of anilines is 1. The molecular weight excluding hydrogens is 329 g/mol. The Morgan fingerprint density at radius 3 is 2.80 bits per heavy atom. The standard InChI is InChI=1S/C17H22FN3O4/c1-12(22)19-9-14-11-25-17(23)21(14)10-13-2-3-16(15(18)8-13)20-4-6-24-7-5-20/h2-3,8,14H,4-7,9-11H2,1H3,(H,19,22). The highest BCUT2D eigenvalue weighted by atomic mass is 19.1. The van der Waals surface area contributed by atoms with Crippen molar-refractivity contribution in [3.8, 4) is 0 Å². The summed E-state index contributed by atoms with van der Waals surface area (Å²) in [6.45, 7) is 4.69. The quantitative estimate of drug-likeness (QED) is 0.861. The van der Waals surface area contributed by atoms with Crippen LogP contribution < -0.4 is 10.2 Å². The van der Waals surface area contributed by atoms with Gasteiger partial charge in [-0.2, -0.15) is 0 Å². The Morgan fingerprint density at radius 2 is 2.12 bits per heavy atom. The fraction of sp³-hybridized carbons (Fsp3) is 0.529. The van der Waals surface area contributed by atoms with Gasteiger partial charge < -0.3 is 19.7 Å². The Balaban J connectivity index is 1.67. The van der Waals surface area contributed by atoms with Crippen molar-refractivity contribution in [2.24, 2.45) is 0 Å². The summed E-state index contributed by atoms with van der Waals surface area (Å²) >= 11 is 0. The summed E-state index contributed by atoms with van der Waals surface area (Å²) in [5.74, 6) is -0.481. The van der Waals surface area contributed by atoms with Crippen molar-refractivity contribution in [1.82, 2.24) is 10.2 Å². The van der Waals surface area contributed by atoms with E-state index in [9.17, 15) is 14.0 Å². The molecule has 0 aliphatic carbocycles. The molecule has 2 fully saturated rings. The molecule has 1 atom stereocenters. The molecule has 2 aliphatic rings. The number of benzene rings is 1. The summed E-state index contributed by atoms with van der Waals surface area (Å²) in [6, 6.07) is 4.75. The predicted molar refractivity (Wildman–Crippen MR) is 88.8 cm³/mol. The predicted octanol–water partition coefficient (Wildman–Crippen LogP) is 1.12. The van der Waals surface area contributed by atoms with Gasteiger partial charge in [0.15, 0.2) is 0 Å². The molecule has 0 spiro atoms. The maximum absolute atomic E-state index is 14.5. The van der Waals surface area contributed by atoms with Gasteiger partial charge in [0.2, 0.25) is 5.91 Å². The normalized spacial score (nSPS) is 20.6. The first-order valence-corrected chi connectivity index (χ1v) is 8.33.